The molecule has 1 aliphatic heterocycles. The third-order valence-electron chi connectivity index (χ3n) is 5.01. The van der Waals surface area contributed by atoms with Gasteiger partial charge in [-0.05, 0) is 0 Å². The van der Waals surface area contributed by atoms with E-state index < -0.39 is 74.3 Å². The summed E-state index contributed by atoms with van der Waals surface area (Å²) in [6, 6.07) is 0.165. The number of imidazole rings is 1. The number of hydrogen-bond donors (Lipinski definition) is 6. The maximum absolute atomic E-state index is 14.6. The Hall–Kier alpha value is -2.85. The first-order chi connectivity index (χ1) is 16.0. The van der Waals surface area contributed by atoms with Crippen molar-refractivity contribution in [2.45, 2.75) is 31.1 Å². The summed E-state index contributed by atoms with van der Waals surface area (Å²) in [6.45, 7) is -1.29. The van der Waals surface area contributed by atoms with Gasteiger partial charge in [0.1, 0.15) is 24.6 Å². The van der Waals surface area contributed by atoms with Gasteiger partial charge in [-0.2, -0.15) is 0 Å². The summed E-state index contributed by atoms with van der Waals surface area (Å²) in [7, 11) is -5.25. The fourth-order valence-corrected chi connectivity index (χ4v) is 3.82. The molecule has 0 unspecified atom stereocenters. The van der Waals surface area contributed by atoms with Crippen LogP contribution in [0.3, 0.4) is 0 Å². The Bertz CT molecular complexity index is 1270. The summed E-state index contributed by atoms with van der Waals surface area (Å²) in [5.74, 6) is -6.04. The maximum atomic E-state index is 14.6. The highest BCUT2D eigenvalue weighted by atomic mass is 31.2. The van der Waals surface area contributed by atoms with Crippen LogP contribution in [-0.4, -0.2) is 69.5 Å². The number of aliphatic hydroxyl groups excluding tert-OH is 3. The fraction of sp³-hybridized carbons (Fsp3) is 0.353. The number of nitrogens with one attached hydrogen (secondary N) is 1. The molecule has 1 aliphatic rings. The van der Waals surface area contributed by atoms with Crippen molar-refractivity contribution < 1.29 is 52.1 Å². The van der Waals surface area contributed by atoms with Gasteiger partial charge in [0.05, 0.1) is 12.9 Å². The lowest BCUT2D eigenvalue weighted by molar-refractivity contribution is -0.0511. The van der Waals surface area contributed by atoms with Gasteiger partial charge in [0.2, 0.25) is 0 Å². The molecule has 1 fully saturated rings. The van der Waals surface area contributed by atoms with Crippen LogP contribution in [0.2, 0.25) is 0 Å². The lowest BCUT2D eigenvalue weighted by Crippen LogP contribution is -2.33. The molecule has 1 saturated heterocycles. The zero-order valence-electron chi connectivity index (χ0n) is 16.8. The zero-order valence-corrected chi connectivity index (χ0v) is 17.7. The largest absolute Gasteiger partial charge is 0.524 e. The van der Waals surface area contributed by atoms with Crippen molar-refractivity contribution in [3.8, 4) is 5.75 Å². The number of fused-ring (bicyclic) bond motifs is 1. The number of ether oxygens (including phenoxy) is 1. The van der Waals surface area contributed by atoms with E-state index in [0.29, 0.717) is 0 Å². The average Bonchev–Trinajstić information content (AvgIpc) is 3.32. The molecule has 0 spiro atoms. The van der Waals surface area contributed by atoms with E-state index in [2.05, 4.69) is 24.8 Å². The van der Waals surface area contributed by atoms with Gasteiger partial charge in [0.25, 0.3) is 0 Å². The van der Waals surface area contributed by atoms with Gasteiger partial charge in [-0.3, -0.25) is 14.4 Å². The summed E-state index contributed by atoms with van der Waals surface area (Å²) < 4.78 is 64.3. The van der Waals surface area contributed by atoms with E-state index >= 15 is 0 Å². The number of rotatable bonds is 7. The van der Waals surface area contributed by atoms with Crippen LogP contribution in [0.4, 0.5) is 19.0 Å². The van der Waals surface area contributed by atoms with E-state index in [0.717, 1.165) is 6.33 Å². The number of aliphatic hydroxyl groups is 3. The van der Waals surface area contributed by atoms with E-state index in [1.807, 2.05) is 0 Å². The third kappa shape index (κ3) is 4.44. The van der Waals surface area contributed by atoms with Gasteiger partial charge < -0.3 is 29.9 Å². The molecular weight excluding hydrogens is 490 g/mol. The Balaban J connectivity index is 1.63. The van der Waals surface area contributed by atoms with Crippen molar-refractivity contribution in [1.82, 2.24) is 19.5 Å². The van der Waals surface area contributed by atoms with Crippen LogP contribution in [0.25, 0.3) is 11.2 Å². The lowest BCUT2D eigenvalue weighted by Gasteiger charge is -2.16. The predicted octanol–water partition coefficient (Wildman–Crippen LogP) is -0.0613. The molecule has 0 bridgehead atoms. The second-order valence-corrected chi connectivity index (χ2v) is 8.34. The highest BCUT2D eigenvalue weighted by Crippen LogP contribution is 2.40. The molecular formula is C17H17F3N5O8P. The third-order valence-corrected chi connectivity index (χ3v) is 5.45. The lowest BCUT2D eigenvalue weighted by atomic mass is 10.1. The Morgan fingerprint density at radius 1 is 1.15 bits per heavy atom. The first-order valence-corrected chi connectivity index (χ1v) is 11.0. The van der Waals surface area contributed by atoms with Crippen LogP contribution < -0.4 is 9.84 Å². The molecule has 13 nitrogen and oxygen atoms in total. The number of aromatic nitrogens is 4. The molecule has 184 valence electrons. The monoisotopic (exact) mass is 507 g/mol. The highest BCUT2D eigenvalue weighted by Gasteiger charge is 2.44. The number of anilines is 1. The van der Waals surface area contributed by atoms with Gasteiger partial charge in [0, 0.05) is 18.2 Å². The Labute approximate surface area is 187 Å². The Morgan fingerprint density at radius 2 is 1.88 bits per heavy atom. The average molecular weight is 507 g/mol. The second-order valence-electron chi connectivity index (χ2n) is 7.17. The van der Waals surface area contributed by atoms with Crippen LogP contribution >= 0.6 is 7.82 Å². The predicted molar refractivity (Wildman–Crippen MR) is 105 cm³/mol. The first kappa shape index (κ1) is 24.3. The van der Waals surface area contributed by atoms with E-state index in [4.69, 9.17) is 14.5 Å². The van der Waals surface area contributed by atoms with Crippen LogP contribution in [0, 0.1) is 17.5 Å². The van der Waals surface area contributed by atoms with Gasteiger partial charge in [-0.15, -0.1) is 0 Å². The molecule has 6 N–H and O–H groups in total. The fourth-order valence-electron chi connectivity index (χ4n) is 3.43. The second kappa shape index (κ2) is 9.07. The van der Waals surface area contributed by atoms with Crippen molar-refractivity contribution >= 4 is 24.8 Å². The molecule has 0 amide bonds. The number of phosphoric ester groups is 1. The van der Waals surface area contributed by atoms with Gasteiger partial charge in [-0.25, -0.2) is 32.7 Å². The molecule has 4 atom stereocenters. The standard InChI is InChI=1S/C17H17F3N5O8P/c18-7-1-8(33-34(29,30)31)11(20)6(10(7)19)2-21-15-12-16(23-4-22-15)25(5-24-12)17-14(28)13(27)9(3-26)32-17/h1,4-5,9,13-14,17,26-28H,2-3H2,(H,21,22,23)(H2,29,30,31)/t9-,13-,14-,17-/m1/s1. The van der Waals surface area contributed by atoms with Crippen LogP contribution in [-0.2, 0) is 15.8 Å². The van der Waals surface area contributed by atoms with E-state index in [1.54, 1.807) is 0 Å². The zero-order chi connectivity index (χ0) is 24.8. The minimum atomic E-state index is -5.25. The summed E-state index contributed by atoms with van der Waals surface area (Å²) in [4.78, 5) is 29.7. The van der Waals surface area contributed by atoms with Crippen LogP contribution in [0.1, 0.15) is 11.8 Å². The van der Waals surface area contributed by atoms with E-state index in [-0.39, 0.29) is 23.0 Å². The Kier molecular flexibility index (Phi) is 6.48. The van der Waals surface area contributed by atoms with Gasteiger partial charge in [-0.1, -0.05) is 0 Å². The van der Waals surface area contributed by atoms with Crippen molar-refractivity contribution in [3.05, 3.63) is 41.7 Å². The molecule has 2 aromatic heterocycles. The van der Waals surface area contributed by atoms with Crippen LogP contribution in [0.5, 0.6) is 5.75 Å². The topological polar surface area (TPSA) is 192 Å². The van der Waals surface area contributed by atoms with E-state index in [9.17, 15) is 33.1 Å². The summed E-state index contributed by atoms with van der Waals surface area (Å²) in [5.41, 5.74) is -0.805. The van der Waals surface area contributed by atoms with Gasteiger partial charge in [0.15, 0.2) is 46.4 Å². The maximum Gasteiger partial charge on any atom is 0.524 e. The molecule has 0 radical (unpaired) electrons. The first-order valence-electron chi connectivity index (χ1n) is 9.47. The number of benzene rings is 1. The molecule has 34 heavy (non-hydrogen) atoms. The Morgan fingerprint density at radius 3 is 2.53 bits per heavy atom. The summed E-state index contributed by atoms with van der Waals surface area (Å²) >= 11 is 0. The van der Waals surface area contributed by atoms with Crippen molar-refractivity contribution in [1.29, 1.82) is 0 Å². The van der Waals surface area contributed by atoms with Crippen molar-refractivity contribution in [2.75, 3.05) is 11.9 Å². The molecule has 0 aliphatic carbocycles. The number of phosphoric acid groups is 1. The molecule has 4 rings (SSSR count). The summed E-state index contributed by atoms with van der Waals surface area (Å²) in [6.07, 6.45) is -2.78. The quantitative estimate of drug-likeness (QED) is 0.185. The highest BCUT2D eigenvalue weighted by molar-refractivity contribution is 7.46. The minimum Gasteiger partial charge on any atom is -0.401 e. The van der Waals surface area contributed by atoms with E-state index in [1.165, 1.54) is 10.9 Å². The normalized spacial score (nSPS) is 22.9. The molecule has 1 aromatic carbocycles. The molecule has 3 aromatic rings. The molecule has 0 saturated carbocycles. The molecule has 17 heteroatoms. The smallest absolute Gasteiger partial charge is 0.401 e. The van der Waals surface area contributed by atoms with Crippen molar-refractivity contribution in [3.63, 3.8) is 0 Å². The van der Waals surface area contributed by atoms with Crippen LogP contribution in [0.15, 0.2) is 18.7 Å². The van der Waals surface area contributed by atoms with Gasteiger partial charge >= 0.3 is 7.82 Å². The number of nitrogens with zero attached hydrogens (tertiary/aromatic N) is 4. The minimum absolute atomic E-state index is 0.0455. The summed E-state index contributed by atoms with van der Waals surface area (Å²) in [5, 5.41) is 32.0. The molecule has 3 heterocycles. The van der Waals surface area contributed by atoms with Crippen molar-refractivity contribution in [2.24, 2.45) is 0 Å². The number of halogens is 3. The SMILES string of the molecule is O=P(O)(O)Oc1cc(F)c(F)c(CNc2ncnc3c2ncn3[C@@H]2O[C@H](CO)[C@@H](O)[C@H]2O)c1F. The number of hydrogen-bond acceptors (Lipinski definition) is 10.